The van der Waals surface area contributed by atoms with E-state index in [0.717, 1.165) is 35.2 Å². The van der Waals surface area contributed by atoms with Crippen LogP contribution in [0.25, 0.3) is 21.3 Å². The van der Waals surface area contributed by atoms with Crippen molar-refractivity contribution in [3.63, 3.8) is 0 Å². The Kier molecular flexibility index (Phi) is 7.71. The Balaban J connectivity index is 1.29. The highest BCUT2D eigenvalue weighted by molar-refractivity contribution is 7.17. The molecule has 3 aromatic rings. The molecule has 0 atom stereocenters. The molecule has 2 heterocycles. The van der Waals surface area contributed by atoms with Crippen molar-refractivity contribution >= 4 is 27.5 Å². The normalized spacial score (nSPS) is 14.7. The number of fused-ring (bicyclic) bond motifs is 1. The largest absolute Gasteiger partial charge is 0.378 e. The van der Waals surface area contributed by atoms with Crippen molar-refractivity contribution in [1.29, 1.82) is 0 Å². The lowest BCUT2D eigenvalue weighted by Crippen LogP contribution is -2.29. The molecule has 1 amide bonds. The smallest absolute Gasteiger partial charge is 0.262 e. The average molecular weight is 454 g/mol. The summed E-state index contributed by atoms with van der Waals surface area (Å²) in [6, 6.07) is 8.13. The first-order valence-electron chi connectivity index (χ1n) is 11.5. The quantitative estimate of drug-likeness (QED) is 0.478. The zero-order valence-corrected chi connectivity index (χ0v) is 19.5. The summed E-state index contributed by atoms with van der Waals surface area (Å²) in [5.74, 6) is -0.0567. The monoisotopic (exact) mass is 453 g/mol. The van der Waals surface area contributed by atoms with E-state index < -0.39 is 0 Å². The summed E-state index contributed by atoms with van der Waals surface area (Å²) in [6.07, 6.45) is 9.18. The van der Waals surface area contributed by atoms with Crippen LogP contribution in [0, 0.1) is 6.92 Å². The fourth-order valence-corrected chi connectivity index (χ4v) is 5.07. The molecule has 170 valence electrons. The predicted molar refractivity (Wildman–Crippen MR) is 129 cm³/mol. The second kappa shape index (κ2) is 10.9. The van der Waals surface area contributed by atoms with E-state index in [-0.39, 0.29) is 17.9 Å². The lowest BCUT2D eigenvalue weighted by Gasteiger charge is -2.21. The first-order chi connectivity index (χ1) is 15.6. The number of nitrogens with one attached hydrogen (secondary N) is 1. The minimum absolute atomic E-state index is 0.0567. The van der Waals surface area contributed by atoms with Crippen LogP contribution >= 0.6 is 11.3 Å². The third kappa shape index (κ3) is 5.64. The predicted octanol–water partition coefficient (Wildman–Crippen LogP) is 4.68. The van der Waals surface area contributed by atoms with Gasteiger partial charge >= 0.3 is 0 Å². The molecule has 4 rings (SSSR count). The summed E-state index contributed by atoms with van der Waals surface area (Å²) in [7, 11) is 0. The lowest BCUT2D eigenvalue weighted by atomic mass is 9.98. The SMILES string of the molecule is Cc1ccc(-c2csc3ncn(CCC(=O)NCCCOC4CCCCC4)c(=O)c23)cc1. The molecule has 0 bridgehead atoms. The Bertz CT molecular complexity index is 1100. The fourth-order valence-electron chi connectivity index (χ4n) is 4.16. The Morgan fingerprint density at radius 2 is 2.00 bits per heavy atom. The highest BCUT2D eigenvalue weighted by Crippen LogP contribution is 2.30. The van der Waals surface area contributed by atoms with Gasteiger partial charge in [0.15, 0.2) is 0 Å². The maximum atomic E-state index is 13.1. The number of ether oxygens (including phenoxy) is 1. The summed E-state index contributed by atoms with van der Waals surface area (Å²) < 4.78 is 7.43. The van der Waals surface area contributed by atoms with Gasteiger partial charge in [-0.25, -0.2) is 4.98 Å². The molecule has 0 spiro atoms. The third-order valence-corrected chi connectivity index (χ3v) is 6.94. The fraction of sp³-hybridized carbons (Fsp3) is 0.480. The van der Waals surface area contributed by atoms with Gasteiger partial charge in [0, 0.05) is 37.1 Å². The third-order valence-electron chi connectivity index (χ3n) is 6.05. The highest BCUT2D eigenvalue weighted by atomic mass is 32.1. The number of amides is 1. The average Bonchev–Trinajstić information content (AvgIpc) is 3.24. The Morgan fingerprint density at radius 1 is 1.22 bits per heavy atom. The first kappa shape index (κ1) is 22.7. The van der Waals surface area contributed by atoms with Crippen LogP contribution in [0.5, 0.6) is 0 Å². The maximum Gasteiger partial charge on any atom is 0.262 e. The minimum atomic E-state index is -0.0968. The molecule has 2 aromatic heterocycles. The van der Waals surface area contributed by atoms with E-state index in [1.165, 1.54) is 36.2 Å². The molecule has 7 heteroatoms. The molecule has 1 fully saturated rings. The van der Waals surface area contributed by atoms with Gasteiger partial charge in [-0.2, -0.15) is 0 Å². The highest BCUT2D eigenvalue weighted by Gasteiger charge is 2.15. The minimum Gasteiger partial charge on any atom is -0.378 e. The van der Waals surface area contributed by atoms with Crippen molar-refractivity contribution in [3.8, 4) is 11.1 Å². The molecule has 0 unspecified atom stereocenters. The van der Waals surface area contributed by atoms with Gasteiger partial charge in [-0.1, -0.05) is 49.1 Å². The summed E-state index contributed by atoms with van der Waals surface area (Å²) in [6.45, 7) is 3.64. The van der Waals surface area contributed by atoms with Gasteiger partial charge in [-0.3, -0.25) is 14.2 Å². The number of aryl methyl sites for hydroxylation is 2. The number of carbonyl (C=O) groups excluding carboxylic acids is 1. The van der Waals surface area contributed by atoms with Crippen LogP contribution < -0.4 is 10.9 Å². The Hall–Kier alpha value is -2.51. The van der Waals surface area contributed by atoms with Crippen molar-refractivity contribution in [1.82, 2.24) is 14.9 Å². The maximum absolute atomic E-state index is 13.1. The van der Waals surface area contributed by atoms with E-state index in [1.807, 2.05) is 36.6 Å². The van der Waals surface area contributed by atoms with Gasteiger partial charge in [0.05, 0.1) is 17.8 Å². The Morgan fingerprint density at radius 3 is 2.78 bits per heavy atom. The van der Waals surface area contributed by atoms with Gasteiger partial charge in [0.1, 0.15) is 4.83 Å². The van der Waals surface area contributed by atoms with Crippen LogP contribution in [-0.4, -0.2) is 34.7 Å². The van der Waals surface area contributed by atoms with Crippen LogP contribution in [0.2, 0.25) is 0 Å². The zero-order chi connectivity index (χ0) is 22.3. The van der Waals surface area contributed by atoms with E-state index in [9.17, 15) is 9.59 Å². The summed E-state index contributed by atoms with van der Waals surface area (Å²) in [4.78, 5) is 30.5. The zero-order valence-electron chi connectivity index (χ0n) is 18.6. The van der Waals surface area contributed by atoms with Gasteiger partial charge < -0.3 is 10.1 Å². The van der Waals surface area contributed by atoms with Gasteiger partial charge in [0.2, 0.25) is 5.91 Å². The number of thiophene rings is 1. The van der Waals surface area contributed by atoms with Crippen LogP contribution in [0.4, 0.5) is 0 Å². The van der Waals surface area contributed by atoms with Gasteiger partial charge in [-0.15, -0.1) is 11.3 Å². The van der Waals surface area contributed by atoms with E-state index in [2.05, 4.69) is 10.3 Å². The van der Waals surface area contributed by atoms with Crippen molar-refractivity contribution in [3.05, 3.63) is 51.9 Å². The van der Waals surface area contributed by atoms with Crippen LogP contribution in [0.15, 0.2) is 40.8 Å². The Labute approximate surface area is 192 Å². The number of rotatable bonds is 9. The van der Waals surface area contributed by atoms with E-state index >= 15 is 0 Å². The second-order valence-corrected chi connectivity index (χ2v) is 9.38. The molecule has 1 aromatic carbocycles. The number of carbonyl (C=O) groups is 1. The number of hydrogen-bond acceptors (Lipinski definition) is 5. The topological polar surface area (TPSA) is 73.2 Å². The molecule has 1 aliphatic rings. The van der Waals surface area contributed by atoms with Crippen LogP contribution in [-0.2, 0) is 16.1 Å². The number of hydrogen-bond donors (Lipinski definition) is 1. The standard InChI is InChI=1S/C25H31N3O3S/c1-18-8-10-19(11-9-18)21-16-32-24-23(21)25(30)28(17-27-24)14-12-22(29)26-13-5-15-31-20-6-3-2-4-7-20/h8-11,16-17,20H,2-7,12-15H2,1H3,(H,26,29). The molecule has 0 aliphatic heterocycles. The molecule has 0 radical (unpaired) electrons. The summed E-state index contributed by atoms with van der Waals surface area (Å²) in [5.41, 5.74) is 2.99. The number of nitrogens with zero attached hydrogens (tertiary/aromatic N) is 2. The van der Waals surface area contributed by atoms with Gasteiger partial charge in [0.25, 0.3) is 5.56 Å². The molecular weight excluding hydrogens is 422 g/mol. The van der Waals surface area contributed by atoms with Crippen molar-refractivity contribution in [2.24, 2.45) is 0 Å². The van der Waals surface area contributed by atoms with Crippen molar-refractivity contribution in [2.75, 3.05) is 13.2 Å². The molecule has 0 saturated heterocycles. The molecular formula is C25H31N3O3S. The van der Waals surface area contributed by atoms with Crippen LogP contribution in [0.3, 0.4) is 0 Å². The second-order valence-electron chi connectivity index (χ2n) is 8.52. The van der Waals surface area contributed by atoms with Crippen molar-refractivity contribution < 1.29 is 9.53 Å². The van der Waals surface area contributed by atoms with E-state index in [1.54, 1.807) is 10.9 Å². The van der Waals surface area contributed by atoms with E-state index in [4.69, 9.17) is 4.74 Å². The molecule has 6 nitrogen and oxygen atoms in total. The molecule has 1 saturated carbocycles. The van der Waals surface area contributed by atoms with Crippen LogP contribution in [0.1, 0.15) is 50.5 Å². The van der Waals surface area contributed by atoms with E-state index in [0.29, 0.717) is 31.2 Å². The summed E-state index contributed by atoms with van der Waals surface area (Å²) in [5, 5.41) is 5.54. The molecule has 1 N–H and O–H groups in total. The van der Waals surface area contributed by atoms with Gasteiger partial charge in [-0.05, 0) is 31.7 Å². The number of aromatic nitrogens is 2. The lowest BCUT2D eigenvalue weighted by molar-refractivity contribution is -0.121. The molecule has 1 aliphatic carbocycles. The summed E-state index contributed by atoms with van der Waals surface area (Å²) >= 11 is 1.47. The van der Waals surface area contributed by atoms with Crippen molar-refractivity contribution in [2.45, 2.75) is 64.5 Å². The number of benzene rings is 1. The first-order valence-corrected chi connectivity index (χ1v) is 12.4. The molecule has 32 heavy (non-hydrogen) atoms.